The molecule has 5 heteroatoms. The van der Waals surface area contributed by atoms with Crippen LogP contribution in [-0.2, 0) is 6.54 Å². The van der Waals surface area contributed by atoms with Crippen molar-refractivity contribution in [3.05, 3.63) is 71.3 Å². The molecule has 1 aliphatic rings. The summed E-state index contributed by atoms with van der Waals surface area (Å²) in [6, 6.07) is 18.8. The van der Waals surface area contributed by atoms with Crippen LogP contribution in [0.1, 0.15) is 27.9 Å². The second kappa shape index (κ2) is 7.80. The molecule has 0 spiro atoms. The van der Waals surface area contributed by atoms with Gasteiger partial charge in [0.05, 0.1) is 18.2 Å². The largest absolute Gasteiger partial charge is 0.287 e. The van der Waals surface area contributed by atoms with E-state index in [1.54, 1.807) is 40.9 Å². The van der Waals surface area contributed by atoms with Crippen LogP contribution in [0.3, 0.4) is 0 Å². The summed E-state index contributed by atoms with van der Waals surface area (Å²) < 4.78 is 0. The molecule has 2 aromatic carbocycles. The molecule has 1 amide bonds. The van der Waals surface area contributed by atoms with Gasteiger partial charge < -0.3 is 0 Å². The number of amides is 1. The summed E-state index contributed by atoms with van der Waals surface area (Å²) in [6.07, 6.45) is 0.955. The zero-order valence-electron chi connectivity index (χ0n) is 13.2. The van der Waals surface area contributed by atoms with Crippen molar-refractivity contribution in [2.75, 3.05) is 12.3 Å². The molecule has 0 saturated carbocycles. The lowest BCUT2D eigenvalue weighted by molar-refractivity contribution is 0.0849. The lowest BCUT2D eigenvalue weighted by atomic mass is 10.1. The van der Waals surface area contributed by atoms with Crippen LogP contribution in [0.2, 0.25) is 0 Å². The number of nitrogens with zero attached hydrogens (tertiary/aromatic N) is 3. The maximum absolute atomic E-state index is 12.8. The van der Waals surface area contributed by atoms with Gasteiger partial charge in [0, 0.05) is 17.9 Å². The van der Waals surface area contributed by atoms with Crippen molar-refractivity contribution in [3.8, 4) is 6.07 Å². The summed E-state index contributed by atoms with van der Waals surface area (Å²) in [6.45, 7) is 1.25. The zero-order valence-corrected chi connectivity index (χ0v) is 14.0. The van der Waals surface area contributed by atoms with Crippen LogP contribution in [0, 0.1) is 11.3 Å². The number of carbonyl (C=O) groups excluding carboxylic acids is 1. The van der Waals surface area contributed by atoms with Crippen LogP contribution in [0.5, 0.6) is 0 Å². The first-order valence-electron chi connectivity index (χ1n) is 7.81. The average Bonchev–Trinajstić information content (AvgIpc) is 2.67. The molecule has 0 bridgehead atoms. The van der Waals surface area contributed by atoms with Crippen LogP contribution >= 0.6 is 11.8 Å². The third kappa shape index (κ3) is 3.84. The van der Waals surface area contributed by atoms with Crippen LogP contribution in [0.4, 0.5) is 0 Å². The van der Waals surface area contributed by atoms with E-state index in [-0.39, 0.29) is 5.91 Å². The van der Waals surface area contributed by atoms with Crippen molar-refractivity contribution < 1.29 is 4.79 Å². The predicted molar refractivity (Wildman–Crippen MR) is 96.8 cm³/mol. The van der Waals surface area contributed by atoms with Crippen LogP contribution in [0.25, 0.3) is 0 Å². The van der Waals surface area contributed by atoms with Crippen LogP contribution in [0.15, 0.2) is 59.6 Å². The molecule has 3 rings (SSSR count). The summed E-state index contributed by atoms with van der Waals surface area (Å²) in [5.74, 6) is 0.920. The first kappa shape index (κ1) is 16.3. The smallest absolute Gasteiger partial charge is 0.259 e. The molecule has 0 unspecified atom stereocenters. The summed E-state index contributed by atoms with van der Waals surface area (Å²) >= 11 is 1.62. The number of hydrogen-bond acceptors (Lipinski definition) is 4. The minimum Gasteiger partial charge on any atom is -0.287 e. The Kier molecular flexibility index (Phi) is 5.29. The van der Waals surface area contributed by atoms with E-state index >= 15 is 0 Å². The van der Waals surface area contributed by atoms with Gasteiger partial charge in [-0.1, -0.05) is 42.1 Å². The Morgan fingerprint density at radius 1 is 1.17 bits per heavy atom. The molecule has 1 saturated heterocycles. The minimum absolute atomic E-state index is 0.0569. The molecule has 24 heavy (non-hydrogen) atoms. The minimum atomic E-state index is -0.0569. The van der Waals surface area contributed by atoms with Gasteiger partial charge in [0.15, 0.2) is 5.17 Å². The zero-order chi connectivity index (χ0) is 16.8. The summed E-state index contributed by atoms with van der Waals surface area (Å²) in [4.78, 5) is 19.2. The Bertz CT molecular complexity index is 779. The highest BCUT2D eigenvalue weighted by Gasteiger charge is 2.24. The maximum Gasteiger partial charge on any atom is 0.259 e. The molecular weight excluding hydrogens is 318 g/mol. The number of nitriles is 1. The van der Waals surface area contributed by atoms with Crippen molar-refractivity contribution in [1.82, 2.24) is 4.90 Å². The SMILES string of the molecule is N#Cc1ccc(C(=O)N2CCCSC2=NCc2ccccc2)cc1. The number of amidine groups is 1. The standard InChI is InChI=1S/C19H17N3OS/c20-13-15-7-9-17(10-8-15)18(23)22-11-4-12-24-19(22)21-14-16-5-2-1-3-6-16/h1-3,5-10H,4,11-12,14H2. The third-order valence-corrected chi connectivity index (χ3v) is 4.83. The highest BCUT2D eigenvalue weighted by atomic mass is 32.2. The van der Waals surface area contributed by atoms with Gasteiger partial charge in [0.1, 0.15) is 0 Å². The molecule has 1 fully saturated rings. The molecule has 0 N–H and O–H groups in total. The molecule has 0 aliphatic carbocycles. The molecular formula is C19H17N3OS. The quantitative estimate of drug-likeness (QED) is 0.859. The van der Waals surface area contributed by atoms with Crippen molar-refractivity contribution in [2.24, 2.45) is 4.99 Å². The number of aliphatic imine (C=N–C) groups is 1. The van der Waals surface area contributed by atoms with Crippen molar-refractivity contribution in [2.45, 2.75) is 13.0 Å². The topological polar surface area (TPSA) is 56.5 Å². The van der Waals surface area contributed by atoms with E-state index in [1.807, 2.05) is 30.3 Å². The number of benzene rings is 2. The summed E-state index contributed by atoms with van der Waals surface area (Å²) in [7, 11) is 0. The highest BCUT2D eigenvalue weighted by molar-refractivity contribution is 8.13. The fourth-order valence-corrected chi connectivity index (χ4v) is 3.41. The van der Waals surface area contributed by atoms with Gasteiger partial charge in [-0.05, 0) is 36.2 Å². The van der Waals surface area contributed by atoms with Gasteiger partial charge in [-0.3, -0.25) is 14.7 Å². The normalized spacial score (nSPS) is 16.0. The Balaban J connectivity index is 1.78. The number of hydrogen-bond donors (Lipinski definition) is 0. The van der Waals surface area contributed by atoms with Gasteiger partial charge in [0.25, 0.3) is 5.91 Å². The molecule has 4 nitrogen and oxygen atoms in total. The van der Waals surface area contributed by atoms with E-state index < -0.39 is 0 Å². The first-order valence-corrected chi connectivity index (χ1v) is 8.80. The van der Waals surface area contributed by atoms with E-state index in [0.29, 0.717) is 24.2 Å². The van der Waals surface area contributed by atoms with E-state index in [1.165, 1.54) is 0 Å². The predicted octanol–water partition coefficient (Wildman–Crippen LogP) is 3.69. The molecule has 0 aromatic heterocycles. The monoisotopic (exact) mass is 335 g/mol. The van der Waals surface area contributed by atoms with Gasteiger partial charge in [-0.25, -0.2) is 0 Å². The van der Waals surface area contributed by atoms with Gasteiger partial charge in [-0.15, -0.1) is 0 Å². The van der Waals surface area contributed by atoms with Gasteiger partial charge >= 0.3 is 0 Å². The fourth-order valence-electron chi connectivity index (χ4n) is 2.46. The van der Waals surface area contributed by atoms with Crippen LogP contribution < -0.4 is 0 Å². The Morgan fingerprint density at radius 2 is 1.92 bits per heavy atom. The van der Waals surface area contributed by atoms with E-state index in [9.17, 15) is 4.79 Å². The second-order valence-corrected chi connectivity index (χ2v) is 6.49. The first-order chi connectivity index (χ1) is 11.8. The third-order valence-electron chi connectivity index (χ3n) is 3.73. The van der Waals surface area contributed by atoms with Gasteiger partial charge in [0.2, 0.25) is 0 Å². The molecule has 2 aromatic rings. The molecule has 1 heterocycles. The lowest BCUT2D eigenvalue weighted by Crippen LogP contribution is -2.39. The second-order valence-electron chi connectivity index (χ2n) is 5.43. The molecule has 0 atom stereocenters. The van der Waals surface area contributed by atoms with E-state index in [4.69, 9.17) is 5.26 Å². The van der Waals surface area contributed by atoms with Crippen molar-refractivity contribution in [3.63, 3.8) is 0 Å². The molecule has 120 valence electrons. The van der Waals surface area contributed by atoms with Gasteiger partial charge in [-0.2, -0.15) is 5.26 Å². The Hall–Kier alpha value is -2.58. The maximum atomic E-state index is 12.8. The fraction of sp³-hybridized carbons (Fsp3) is 0.211. The Morgan fingerprint density at radius 3 is 2.62 bits per heavy atom. The Labute approximate surface area is 145 Å². The number of carbonyl (C=O) groups is 1. The summed E-state index contributed by atoms with van der Waals surface area (Å²) in [5.41, 5.74) is 2.27. The average molecular weight is 335 g/mol. The molecule has 1 aliphatic heterocycles. The summed E-state index contributed by atoms with van der Waals surface area (Å²) in [5, 5.41) is 9.65. The van der Waals surface area contributed by atoms with Crippen molar-refractivity contribution >= 4 is 22.8 Å². The number of rotatable bonds is 3. The highest BCUT2D eigenvalue weighted by Crippen LogP contribution is 2.21. The van der Waals surface area contributed by atoms with E-state index in [2.05, 4.69) is 11.1 Å². The van der Waals surface area contributed by atoms with Crippen molar-refractivity contribution in [1.29, 1.82) is 5.26 Å². The van der Waals surface area contributed by atoms with Crippen LogP contribution in [-0.4, -0.2) is 28.3 Å². The number of thioether (sulfide) groups is 1. The molecule has 0 radical (unpaired) electrons. The van der Waals surface area contributed by atoms with E-state index in [0.717, 1.165) is 22.9 Å². The lowest BCUT2D eigenvalue weighted by Gasteiger charge is -2.28.